The summed E-state index contributed by atoms with van der Waals surface area (Å²) in [6.07, 6.45) is 1.91. The molecule has 2 heterocycles. The van der Waals surface area contributed by atoms with E-state index in [1.165, 1.54) is 17.5 Å². The number of anilines is 2. The van der Waals surface area contributed by atoms with E-state index in [9.17, 15) is 0 Å². The molecule has 1 aromatic carbocycles. The van der Waals surface area contributed by atoms with Gasteiger partial charge >= 0.3 is 0 Å². The molecule has 1 aliphatic heterocycles. The van der Waals surface area contributed by atoms with Crippen molar-refractivity contribution in [3.8, 4) is 0 Å². The highest BCUT2D eigenvalue weighted by atomic mass is 16.3. The van der Waals surface area contributed by atoms with Crippen molar-refractivity contribution in [2.24, 2.45) is 0 Å². The van der Waals surface area contributed by atoms with Crippen LogP contribution in [0.1, 0.15) is 61.5 Å². The van der Waals surface area contributed by atoms with Crippen molar-refractivity contribution in [2.75, 3.05) is 29.9 Å². The molecule has 2 atom stereocenters. The summed E-state index contributed by atoms with van der Waals surface area (Å²) in [6, 6.07) is 11.3. The topological polar surface area (TPSA) is 61.3 Å². The third-order valence-corrected chi connectivity index (χ3v) is 5.28. The first-order valence-electron chi connectivity index (χ1n) is 9.26. The molecule has 5 heteroatoms. The van der Waals surface area contributed by atoms with Crippen LogP contribution in [0.4, 0.5) is 11.6 Å². The Morgan fingerprint density at radius 3 is 2.80 bits per heavy atom. The van der Waals surface area contributed by atoms with Gasteiger partial charge in [0.25, 0.3) is 0 Å². The maximum Gasteiger partial charge on any atom is 0.135 e. The summed E-state index contributed by atoms with van der Waals surface area (Å²) in [5, 5.41) is 12.3. The van der Waals surface area contributed by atoms with Crippen LogP contribution >= 0.6 is 0 Å². The summed E-state index contributed by atoms with van der Waals surface area (Å²) in [5.74, 6) is 3.65. The molecule has 2 aliphatic rings. The van der Waals surface area contributed by atoms with E-state index in [-0.39, 0.29) is 12.5 Å². The minimum Gasteiger partial charge on any atom is -0.396 e. The van der Waals surface area contributed by atoms with Crippen molar-refractivity contribution in [3.05, 3.63) is 47.3 Å². The number of aliphatic hydroxyl groups is 1. The average Bonchev–Trinajstić information content (AvgIpc) is 3.21. The van der Waals surface area contributed by atoms with Crippen LogP contribution in [0.5, 0.6) is 0 Å². The van der Waals surface area contributed by atoms with Crippen molar-refractivity contribution in [2.45, 2.75) is 44.6 Å². The number of hydrogen-bond acceptors (Lipinski definition) is 5. The van der Waals surface area contributed by atoms with Crippen molar-refractivity contribution in [1.82, 2.24) is 9.97 Å². The maximum atomic E-state index is 9.00. The molecule has 0 radical (unpaired) electrons. The quantitative estimate of drug-likeness (QED) is 0.790. The number of aliphatic hydroxyl groups excluding tert-OH is 1. The van der Waals surface area contributed by atoms with E-state index in [0.29, 0.717) is 12.0 Å². The molecule has 1 fully saturated rings. The van der Waals surface area contributed by atoms with Gasteiger partial charge in [-0.05, 0) is 24.0 Å². The van der Waals surface area contributed by atoms with Gasteiger partial charge in [-0.1, -0.05) is 38.1 Å². The minimum atomic E-state index is 0.189. The highest BCUT2D eigenvalue weighted by Gasteiger charge is 2.42. The SMILES string of the molecule is CC(C)c1nc(NCCCO)cc(N2C[C@H]3C[C@H]2c2ccccc23)n1. The molecule has 5 nitrogen and oxygen atoms in total. The summed E-state index contributed by atoms with van der Waals surface area (Å²) < 4.78 is 0. The van der Waals surface area contributed by atoms with Gasteiger partial charge in [0, 0.05) is 37.6 Å². The molecule has 0 unspecified atom stereocenters. The molecule has 0 spiro atoms. The van der Waals surface area contributed by atoms with Crippen LogP contribution in [0, 0.1) is 0 Å². The third kappa shape index (κ3) is 2.97. The Labute approximate surface area is 149 Å². The summed E-state index contributed by atoms with van der Waals surface area (Å²) >= 11 is 0. The van der Waals surface area contributed by atoms with Gasteiger partial charge in [0.05, 0.1) is 6.04 Å². The maximum absolute atomic E-state index is 9.00. The fourth-order valence-electron chi connectivity index (χ4n) is 4.04. The highest BCUT2D eigenvalue weighted by molar-refractivity contribution is 5.57. The fourth-order valence-corrected chi connectivity index (χ4v) is 4.04. The Hall–Kier alpha value is -2.14. The molecular weight excluding hydrogens is 312 g/mol. The van der Waals surface area contributed by atoms with Crippen LogP contribution in [-0.4, -0.2) is 34.8 Å². The molecule has 4 rings (SSSR count). The lowest BCUT2D eigenvalue weighted by atomic mass is 9.99. The predicted octanol–water partition coefficient (Wildman–Crippen LogP) is 3.44. The van der Waals surface area contributed by atoms with Gasteiger partial charge in [-0.2, -0.15) is 0 Å². The lowest BCUT2D eigenvalue weighted by Crippen LogP contribution is -2.28. The molecule has 0 saturated carbocycles. The smallest absolute Gasteiger partial charge is 0.135 e. The molecule has 2 bridgehead atoms. The predicted molar refractivity (Wildman–Crippen MR) is 100 cm³/mol. The summed E-state index contributed by atoms with van der Waals surface area (Å²) in [4.78, 5) is 12.0. The second kappa shape index (κ2) is 6.64. The lowest BCUT2D eigenvalue weighted by molar-refractivity contribution is 0.292. The number of nitrogens with zero attached hydrogens (tertiary/aromatic N) is 3. The highest BCUT2D eigenvalue weighted by Crippen LogP contribution is 2.51. The van der Waals surface area contributed by atoms with Crippen molar-refractivity contribution < 1.29 is 5.11 Å². The Kier molecular flexibility index (Phi) is 4.34. The molecule has 25 heavy (non-hydrogen) atoms. The van der Waals surface area contributed by atoms with E-state index in [2.05, 4.69) is 59.4 Å². The Balaban J connectivity index is 1.64. The van der Waals surface area contributed by atoms with Crippen molar-refractivity contribution in [1.29, 1.82) is 0 Å². The van der Waals surface area contributed by atoms with Crippen LogP contribution < -0.4 is 10.2 Å². The van der Waals surface area contributed by atoms with Crippen molar-refractivity contribution in [3.63, 3.8) is 0 Å². The van der Waals surface area contributed by atoms with Crippen LogP contribution in [-0.2, 0) is 0 Å². The molecule has 1 aromatic heterocycles. The summed E-state index contributed by atoms with van der Waals surface area (Å²) in [5.41, 5.74) is 2.97. The molecule has 1 saturated heterocycles. The fraction of sp³-hybridized carbons (Fsp3) is 0.500. The molecule has 2 aromatic rings. The minimum absolute atomic E-state index is 0.189. The molecule has 1 aliphatic carbocycles. The Morgan fingerprint density at radius 1 is 1.24 bits per heavy atom. The zero-order valence-electron chi connectivity index (χ0n) is 14.9. The molecule has 0 amide bonds. The monoisotopic (exact) mass is 338 g/mol. The van der Waals surface area contributed by atoms with E-state index in [0.717, 1.165) is 37.0 Å². The third-order valence-electron chi connectivity index (χ3n) is 5.28. The molecule has 132 valence electrons. The second-order valence-electron chi connectivity index (χ2n) is 7.36. The zero-order valence-corrected chi connectivity index (χ0v) is 14.9. The van der Waals surface area contributed by atoms with Crippen molar-refractivity contribution >= 4 is 11.6 Å². The average molecular weight is 338 g/mol. The first-order chi connectivity index (χ1) is 12.2. The Morgan fingerprint density at radius 2 is 2.04 bits per heavy atom. The number of hydrogen-bond donors (Lipinski definition) is 2. The number of nitrogens with one attached hydrogen (secondary N) is 1. The number of aromatic nitrogens is 2. The van der Waals surface area contributed by atoms with E-state index in [1.54, 1.807) is 0 Å². The number of benzene rings is 1. The van der Waals surface area contributed by atoms with E-state index in [1.807, 2.05) is 0 Å². The zero-order chi connectivity index (χ0) is 17.4. The van der Waals surface area contributed by atoms with Gasteiger partial charge in [-0.15, -0.1) is 0 Å². The summed E-state index contributed by atoms with van der Waals surface area (Å²) in [6.45, 7) is 6.20. The Bertz CT molecular complexity index is 761. The lowest BCUT2D eigenvalue weighted by Gasteiger charge is -2.30. The second-order valence-corrected chi connectivity index (χ2v) is 7.36. The standard InChI is InChI=1S/C20H26N4O/c1-13(2)20-22-18(21-8-5-9-25)11-19(23-20)24-12-14-10-17(24)16-7-4-3-6-15(14)16/h3-4,6-7,11,13-14,17,25H,5,8-10,12H2,1-2H3,(H,21,22,23)/t14-,17+/m1/s1. The van der Waals surface area contributed by atoms with Crippen LogP contribution in [0.2, 0.25) is 0 Å². The first-order valence-corrected chi connectivity index (χ1v) is 9.26. The van der Waals surface area contributed by atoms with Gasteiger partial charge < -0.3 is 15.3 Å². The van der Waals surface area contributed by atoms with Crippen LogP contribution in [0.3, 0.4) is 0 Å². The van der Waals surface area contributed by atoms with Crippen LogP contribution in [0.25, 0.3) is 0 Å². The first kappa shape index (κ1) is 16.3. The normalized spacial score (nSPS) is 21.0. The van der Waals surface area contributed by atoms with Gasteiger partial charge in [-0.3, -0.25) is 0 Å². The van der Waals surface area contributed by atoms with Crippen LogP contribution in [0.15, 0.2) is 30.3 Å². The van der Waals surface area contributed by atoms with Gasteiger partial charge in [0.1, 0.15) is 17.5 Å². The van der Waals surface area contributed by atoms with Gasteiger partial charge in [0.2, 0.25) is 0 Å². The van der Waals surface area contributed by atoms with E-state index in [4.69, 9.17) is 10.1 Å². The summed E-state index contributed by atoms with van der Waals surface area (Å²) in [7, 11) is 0. The number of fused-ring (bicyclic) bond motifs is 5. The largest absolute Gasteiger partial charge is 0.396 e. The molecule has 2 N–H and O–H groups in total. The van der Waals surface area contributed by atoms with Gasteiger partial charge in [0.15, 0.2) is 0 Å². The number of rotatable bonds is 6. The van der Waals surface area contributed by atoms with Gasteiger partial charge in [-0.25, -0.2) is 9.97 Å². The molecular formula is C20H26N4O. The van der Waals surface area contributed by atoms with E-state index >= 15 is 0 Å². The van der Waals surface area contributed by atoms with E-state index < -0.39 is 0 Å².